The SMILES string of the molecule is CCCC(C)NC(=O)c1cccc(O)c1. The van der Waals surface area contributed by atoms with E-state index >= 15 is 0 Å². The van der Waals surface area contributed by atoms with Crippen molar-refractivity contribution < 1.29 is 9.90 Å². The second-order valence-corrected chi connectivity index (χ2v) is 3.71. The molecule has 3 nitrogen and oxygen atoms in total. The van der Waals surface area contributed by atoms with Crippen LogP contribution in [0.15, 0.2) is 24.3 Å². The molecule has 0 radical (unpaired) electrons. The molecule has 15 heavy (non-hydrogen) atoms. The monoisotopic (exact) mass is 207 g/mol. The highest BCUT2D eigenvalue weighted by molar-refractivity contribution is 5.94. The highest BCUT2D eigenvalue weighted by Crippen LogP contribution is 2.11. The van der Waals surface area contributed by atoms with E-state index in [4.69, 9.17) is 0 Å². The smallest absolute Gasteiger partial charge is 0.251 e. The number of hydrogen-bond donors (Lipinski definition) is 2. The van der Waals surface area contributed by atoms with Crippen molar-refractivity contribution in [2.75, 3.05) is 0 Å². The van der Waals surface area contributed by atoms with E-state index in [2.05, 4.69) is 12.2 Å². The molecule has 0 saturated heterocycles. The van der Waals surface area contributed by atoms with Gasteiger partial charge in [-0.15, -0.1) is 0 Å². The van der Waals surface area contributed by atoms with Gasteiger partial charge in [0.15, 0.2) is 0 Å². The van der Waals surface area contributed by atoms with Crippen LogP contribution in [0.2, 0.25) is 0 Å². The van der Waals surface area contributed by atoms with Crippen molar-refractivity contribution >= 4 is 5.91 Å². The molecule has 0 fully saturated rings. The van der Waals surface area contributed by atoms with Crippen LogP contribution >= 0.6 is 0 Å². The van der Waals surface area contributed by atoms with Gasteiger partial charge < -0.3 is 10.4 Å². The fourth-order valence-electron chi connectivity index (χ4n) is 1.46. The lowest BCUT2D eigenvalue weighted by atomic mass is 10.1. The summed E-state index contributed by atoms with van der Waals surface area (Å²) in [4.78, 5) is 11.7. The minimum atomic E-state index is -0.133. The third-order valence-corrected chi connectivity index (χ3v) is 2.21. The van der Waals surface area contributed by atoms with Crippen molar-refractivity contribution in [3.63, 3.8) is 0 Å². The number of phenolic OH excluding ortho intramolecular Hbond substituents is 1. The molecule has 0 spiro atoms. The van der Waals surface area contributed by atoms with Crippen LogP contribution in [0.3, 0.4) is 0 Å². The maximum absolute atomic E-state index is 11.7. The van der Waals surface area contributed by atoms with Gasteiger partial charge in [-0.2, -0.15) is 0 Å². The lowest BCUT2D eigenvalue weighted by Crippen LogP contribution is -2.32. The molecule has 2 N–H and O–H groups in total. The molecule has 0 heterocycles. The van der Waals surface area contributed by atoms with Crippen molar-refractivity contribution in [2.45, 2.75) is 32.7 Å². The predicted octanol–water partition coefficient (Wildman–Crippen LogP) is 2.31. The Morgan fingerprint density at radius 1 is 1.53 bits per heavy atom. The summed E-state index contributed by atoms with van der Waals surface area (Å²) in [7, 11) is 0. The summed E-state index contributed by atoms with van der Waals surface area (Å²) in [5, 5.41) is 12.1. The zero-order valence-corrected chi connectivity index (χ0v) is 9.16. The average molecular weight is 207 g/mol. The van der Waals surface area contributed by atoms with Crippen LogP contribution in [-0.4, -0.2) is 17.1 Å². The number of hydrogen-bond acceptors (Lipinski definition) is 2. The van der Waals surface area contributed by atoms with Crippen LogP contribution in [0.5, 0.6) is 5.75 Å². The molecule has 1 rings (SSSR count). The van der Waals surface area contributed by atoms with Crippen molar-refractivity contribution in [2.24, 2.45) is 0 Å². The van der Waals surface area contributed by atoms with Gasteiger partial charge in [-0.05, 0) is 31.5 Å². The first-order chi connectivity index (χ1) is 7.13. The van der Waals surface area contributed by atoms with Crippen molar-refractivity contribution in [1.82, 2.24) is 5.32 Å². The minimum Gasteiger partial charge on any atom is -0.508 e. The number of benzene rings is 1. The molecule has 0 aliphatic rings. The van der Waals surface area contributed by atoms with E-state index in [-0.39, 0.29) is 17.7 Å². The number of carbonyl (C=O) groups excluding carboxylic acids is 1. The van der Waals surface area contributed by atoms with E-state index in [9.17, 15) is 9.90 Å². The number of nitrogens with one attached hydrogen (secondary N) is 1. The summed E-state index contributed by atoms with van der Waals surface area (Å²) in [6, 6.07) is 6.53. The first-order valence-corrected chi connectivity index (χ1v) is 5.23. The molecule has 0 aromatic heterocycles. The summed E-state index contributed by atoms with van der Waals surface area (Å²) in [5.41, 5.74) is 0.498. The number of phenols is 1. The maximum atomic E-state index is 11.7. The Morgan fingerprint density at radius 3 is 2.87 bits per heavy atom. The van der Waals surface area contributed by atoms with E-state index in [1.165, 1.54) is 6.07 Å². The molecule has 0 aliphatic carbocycles. The van der Waals surface area contributed by atoms with Crippen molar-refractivity contribution in [3.8, 4) is 5.75 Å². The summed E-state index contributed by atoms with van der Waals surface area (Å²) in [6.07, 6.45) is 2.01. The van der Waals surface area contributed by atoms with Crippen LogP contribution in [0.4, 0.5) is 0 Å². The van der Waals surface area contributed by atoms with Crippen LogP contribution < -0.4 is 5.32 Å². The zero-order valence-electron chi connectivity index (χ0n) is 9.16. The van der Waals surface area contributed by atoms with Crippen LogP contribution in [-0.2, 0) is 0 Å². The number of rotatable bonds is 4. The molecule has 0 bridgehead atoms. The summed E-state index contributed by atoms with van der Waals surface area (Å²) < 4.78 is 0. The van der Waals surface area contributed by atoms with Gasteiger partial charge in [0, 0.05) is 11.6 Å². The first kappa shape index (κ1) is 11.6. The molecule has 0 aliphatic heterocycles. The summed E-state index contributed by atoms with van der Waals surface area (Å²) in [5.74, 6) is -0.0161. The highest BCUT2D eigenvalue weighted by atomic mass is 16.3. The second kappa shape index (κ2) is 5.39. The molecule has 82 valence electrons. The van der Waals surface area contributed by atoms with E-state index < -0.39 is 0 Å². The standard InChI is InChI=1S/C12H17NO2/c1-3-5-9(2)13-12(15)10-6-4-7-11(14)8-10/h4,6-9,14H,3,5H2,1-2H3,(H,13,15). The number of carbonyl (C=O) groups is 1. The lowest BCUT2D eigenvalue weighted by Gasteiger charge is -2.12. The first-order valence-electron chi connectivity index (χ1n) is 5.23. The zero-order chi connectivity index (χ0) is 11.3. The number of aromatic hydroxyl groups is 1. The van der Waals surface area contributed by atoms with Gasteiger partial charge in [0.25, 0.3) is 5.91 Å². The molecular formula is C12H17NO2. The average Bonchev–Trinajstić information content (AvgIpc) is 2.18. The van der Waals surface area contributed by atoms with Gasteiger partial charge in [-0.25, -0.2) is 0 Å². The Morgan fingerprint density at radius 2 is 2.27 bits per heavy atom. The van der Waals surface area contributed by atoms with Crippen molar-refractivity contribution in [1.29, 1.82) is 0 Å². The Kier molecular flexibility index (Phi) is 4.16. The second-order valence-electron chi connectivity index (χ2n) is 3.71. The minimum absolute atomic E-state index is 0.116. The Balaban J connectivity index is 2.61. The van der Waals surface area contributed by atoms with Gasteiger partial charge in [-0.3, -0.25) is 4.79 Å². The summed E-state index contributed by atoms with van der Waals surface area (Å²) in [6.45, 7) is 4.06. The normalized spacial score (nSPS) is 12.1. The molecule has 1 aromatic rings. The third kappa shape index (κ3) is 3.62. The highest BCUT2D eigenvalue weighted by Gasteiger charge is 2.08. The van der Waals surface area contributed by atoms with E-state index in [1.54, 1.807) is 18.2 Å². The van der Waals surface area contributed by atoms with Gasteiger partial charge in [0.1, 0.15) is 5.75 Å². The Labute approximate surface area is 90.1 Å². The molecule has 3 heteroatoms. The van der Waals surface area contributed by atoms with Crippen molar-refractivity contribution in [3.05, 3.63) is 29.8 Å². The van der Waals surface area contributed by atoms with E-state index in [0.717, 1.165) is 12.8 Å². The van der Waals surface area contributed by atoms with E-state index in [1.807, 2.05) is 6.92 Å². The van der Waals surface area contributed by atoms with Gasteiger partial charge in [0.2, 0.25) is 0 Å². The third-order valence-electron chi connectivity index (χ3n) is 2.21. The van der Waals surface area contributed by atoms with Crippen LogP contribution in [0.25, 0.3) is 0 Å². The maximum Gasteiger partial charge on any atom is 0.251 e. The molecular weight excluding hydrogens is 190 g/mol. The van der Waals surface area contributed by atoms with E-state index in [0.29, 0.717) is 5.56 Å². The largest absolute Gasteiger partial charge is 0.508 e. The van der Waals surface area contributed by atoms with Gasteiger partial charge >= 0.3 is 0 Å². The molecule has 1 aromatic carbocycles. The number of amides is 1. The Hall–Kier alpha value is -1.51. The lowest BCUT2D eigenvalue weighted by molar-refractivity contribution is 0.0938. The van der Waals surface area contributed by atoms with Crippen LogP contribution in [0, 0.1) is 0 Å². The molecule has 1 atom stereocenters. The summed E-state index contributed by atoms with van der Waals surface area (Å²) >= 11 is 0. The Bertz CT molecular complexity index is 336. The van der Waals surface area contributed by atoms with Crippen LogP contribution in [0.1, 0.15) is 37.0 Å². The van der Waals surface area contributed by atoms with Gasteiger partial charge in [0.05, 0.1) is 0 Å². The van der Waals surface area contributed by atoms with Gasteiger partial charge in [-0.1, -0.05) is 19.4 Å². The molecule has 1 unspecified atom stereocenters. The molecule has 1 amide bonds. The predicted molar refractivity (Wildman–Crippen MR) is 59.9 cm³/mol. The fraction of sp³-hybridized carbons (Fsp3) is 0.417. The topological polar surface area (TPSA) is 49.3 Å². The molecule has 0 saturated carbocycles. The quantitative estimate of drug-likeness (QED) is 0.796. The fourth-order valence-corrected chi connectivity index (χ4v) is 1.46.